The maximum absolute atomic E-state index is 9.95. The van der Waals surface area contributed by atoms with E-state index in [-0.39, 0.29) is 24.8 Å². The fourth-order valence-electron chi connectivity index (χ4n) is 0.285. The predicted molar refractivity (Wildman–Crippen MR) is 30.6 cm³/mol. The number of aliphatic carboxylic acids is 1. The third-order valence-electron chi connectivity index (χ3n) is 0.933. The van der Waals surface area contributed by atoms with E-state index < -0.39 is 12.0 Å². The van der Waals surface area contributed by atoms with Crippen molar-refractivity contribution in [3.63, 3.8) is 0 Å². The van der Waals surface area contributed by atoms with E-state index in [1.54, 1.807) is 13.8 Å². The van der Waals surface area contributed by atoms with Crippen molar-refractivity contribution < 1.29 is 28.8 Å². The van der Waals surface area contributed by atoms with E-state index in [4.69, 9.17) is 10.8 Å². The molecular weight excluding hydrogens is 113 g/mol. The van der Waals surface area contributed by atoms with Gasteiger partial charge in [0, 0.05) is 0 Å². The summed E-state index contributed by atoms with van der Waals surface area (Å²) in [5.74, 6) is -1.13. The van der Waals surface area contributed by atoms with Gasteiger partial charge in [-0.1, -0.05) is 19.8 Å². The molecular formula is C5H10LiNO2. The molecule has 0 aliphatic heterocycles. The Labute approximate surface area is 66.8 Å². The Balaban J connectivity index is 0. The average Bonchev–Trinajstić information content (AvgIpc) is 1.64. The van der Waals surface area contributed by atoms with E-state index in [1.807, 2.05) is 0 Å². The zero-order chi connectivity index (χ0) is 6.73. The van der Waals surface area contributed by atoms with Crippen LogP contribution in [0.25, 0.3) is 5.73 Å². The number of hydrogen-bond donors (Lipinski definition) is 1. The van der Waals surface area contributed by atoms with Crippen molar-refractivity contribution in [2.24, 2.45) is 5.92 Å². The van der Waals surface area contributed by atoms with E-state index in [2.05, 4.69) is 0 Å². The minimum atomic E-state index is -1.04. The molecule has 3 nitrogen and oxygen atoms in total. The third kappa shape index (κ3) is 4.53. The van der Waals surface area contributed by atoms with Crippen LogP contribution in [0.5, 0.6) is 0 Å². The van der Waals surface area contributed by atoms with Gasteiger partial charge in [-0.05, 0) is 6.04 Å². The minimum absolute atomic E-state index is 0. The van der Waals surface area contributed by atoms with Crippen LogP contribution >= 0.6 is 0 Å². The zero-order valence-electron chi connectivity index (χ0n) is 6.01. The molecule has 4 heteroatoms. The van der Waals surface area contributed by atoms with Crippen molar-refractivity contribution in [2.75, 3.05) is 0 Å². The summed E-state index contributed by atoms with van der Waals surface area (Å²) >= 11 is 0. The van der Waals surface area contributed by atoms with Gasteiger partial charge in [0.15, 0.2) is 0 Å². The molecule has 0 rings (SSSR count). The number of hydrogen-bond acceptors (Lipinski definition) is 1. The van der Waals surface area contributed by atoms with Crippen molar-refractivity contribution in [1.82, 2.24) is 0 Å². The molecule has 0 radical (unpaired) electrons. The van der Waals surface area contributed by atoms with Crippen LogP contribution in [0.4, 0.5) is 0 Å². The molecule has 0 saturated carbocycles. The van der Waals surface area contributed by atoms with Crippen LogP contribution in [0.3, 0.4) is 0 Å². The van der Waals surface area contributed by atoms with Crippen molar-refractivity contribution in [3.8, 4) is 0 Å². The van der Waals surface area contributed by atoms with Crippen LogP contribution < -0.4 is 18.9 Å². The van der Waals surface area contributed by atoms with Gasteiger partial charge in [-0.3, -0.25) is 4.79 Å². The quantitative estimate of drug-likeness (QED) is 0.438. The van der Waals surface area contributed by atoms with Crippen LogP contribution in [0.2, 0.25) is 0 Å². The molecule has 0 unspecified atom stereocenters. The molecule has 0 aliphatic rings. The second kappa shape index (κ2) is 4.86. The molecule has 0 saturated heterocycles. The van der Waals surface area contributed by atoms with Crippen molar-refractivity contribution >= 4 is 5.97 Å². The topological polar surface area (TPSA) is 61.1 Å². The second-order valence-electron chi connectivity index (χ2n) is 2.06. The summed E-state index contributed by atoms with van der Waals surface area (Å²) in [7, 11) is 0. The Bertz CT molecular complexity index is 95.0. The van der Waals surface area contributed by atoms with Gasteiger partial charge in [-0.2, -0.15) is 0 Å². The smallest absolute Gasteiger partial charge is 0.665 e. The number of nitrogens with one attached hydrogen (secondary N) is 1. The van der Waals surface area contributed by atoms with Gasteiger partial charge in [-0.25, -0.2) is 0 Å². The SMILES string of the molecule is CC(C)[C@H]([NH-])C(=O)O.[Li+]. The van der Waals surface area contributed by atoms with Crippen molar-refractivity contribution in [3.05, 3.63) is 5.73 Å². The van der Waals surface area contributed by atoms with Gasteiger partial charge >= 0.3 is 18.9 Å². The Morgan fingerprint density at radius 2 is 1.89 bits per heavy atom. The maximum atomic E-state index is 9.95. The van der Waals surface area contributed by atoms with Crippen LogP contribution in [-0.4, -0.2) is 17.1 Å². The Hall–Kier alpha value is 0.0274. The molecule has 0 aromatic carbocycles. The molecule has 1 atom stereocenters. The van der Waals surface area contributed by atoms with Crippen LogP contribution in [0.15, 0.2) is 0 Å². The molecule has 0 fully saturated rings. The van der Waals surface area contributed by atoms with Crippen molar-refractivity contribution in [2.45, 2.75) is 19.9 Å². The molecule has 0 bridgehead atoms. The molecule has 0 amide bonds. The normalized spacial score (nSPS) is 12.4. The van der Waals surface area contributed by atoms with Gasteiger partial charge in [0.1, 0.15) is 0 Å². The van der Waals surface area contributed by atoms with E-state index >= 15 is 0 Å². The van der Waals surface area contributed by atoms with Crippen LogP contribution in [-0.2, 0) is 4.79 Å². The summed E-state index contributed by atoms with van der Waals surface area (Å²) < 4.78 is 0. The molecule has 0 aromatic rings. The van der Waals surface area contributed by atoms with E-state index in [0.717, 1.165) is 0 Å². The number of rotatable bonds is 2. The van der Waals surface area contributed by atoms with Gasteiger partial charge < -0.3 is 10.8 Å². The molecule has 48 valence electrons. The summed E-state index contributed by atoms with van der Waals surface area (Å²) in [6, 6.07) is -0.963. The summed E-state index contributed by atoms with van der Waals surface area (Å²) in [5.41, 5.74) is 6.88. The Morgan fingerprint density at radius 1 is 1.56 bits per heavy atom. The summed E-state index contributed by atoms with van der Waals surface area (Å²) in [6.07, 6.45) is 0. The molecule has 9 heavy (non-hydrogen) atoms. The summed E-state index contributed by atoms with van der Waals surface area (Å²) in [4.78, 5) is 9.95. The van der Waals surface area contributed by atoms with Crippen LogP contribution in [0.1, 0.15) is 13.8 Å². The standard InChI is InChI=1S/C5H10NO2.Li/c1-3(2)4(6)5(7)8;/h3-4,6H,1-2H3,(H,7,8);/q-1;+1/t4-;/m0./s1. The van der Waals surface area contributed by atoms with Crippen molar-refractivity contribution in [1.29, 1.82) is 0 Å². The number of carboxylic acid groups (broad SMARTS) is 1. The molecule has 2 N–H and O–H groups in total. The van der Waals surface area contributed by atoms with Gasteiger partial charge in [0.25, 0.3) is 5.97 Å². The Morgan fingerprint density at radius 3 is 1.89 bits per heavy atom. The van der Waals surface area contributed by atoms with E-state index in [9.17, 15) is 4.79 Å². The van der Waals surface area contributed by atoms with Crippen LogP contribution in [0, 0.1) is 5.92 Å². The number of carboxylic acids is 1. The minimum Gasteiger partial charge on any atom is -0.665 e. The average molecular weight is 123 g/mol. The molecule has 0 heterocycles. The molecule has 0 aromatic heterocycles. The fourth-order valence-corrected chi connectivity index (χ4v) is 0.285. The monoisotopic (exact) mass is 123 g/mol. The largest absolute Gasteiger partial charge is 1.00 e. The Kier molecular flexibility index (Phi) is 6.37. The summed E-state index contributed by atoms with van der Waals surface area (Å²) in [6.45, 7) is 3.43. The first-order valence-corrected chi connectivity index (χ1v) is 2.49. The molecule has 0 spiro atoms. The fraction of sp³-hybridized carbons (Fsp3) is 0.800. The zero-order valence-corrected chi connectivity index (χ0v) is 6.01. The van der Waals surface area contributed by atoms with E-state index in [1.165, 1.54) is 0 Å². The maximum Gasteiger partial charge on any atom is 1.00 e. The van der Waals surface area contributed by atoms with Gasteiger partial charge in [0.05, 0.1) is 0 Å². The summed E-state index contributed by atoms with van der Waals surface area (Å²) in [5, 5.41) is 8.16. The van der Waals surface area contributed by atoms with Gasteiger partial charge in [0.2, 0.25) is 0 Å². The van der Waals surface area contributed by atoms with Gasteiger partial charge in [-0.15, -0.1) is 0 Å². The first-order chi connectivity index (χ1) is 3.55. The first-order valence-electron chi connectivity index (χ1n) is 2.49. The molecule has 0 aliphatic carbocycles. The number of carbonyl (C=O) groups is 1. The van der Waals surface area contributed by atoms with E-state index in [0.29, 0.717) is 0 Å². The second-order valence-corrected chi connectivity index (χ2v) is 2.06. The predicted octanol–water partition coefficient (Wildman–Crippen LogP) is -1.85. The first kappa shape index (κ1) is 11.8. The third-order valence-corrected chi connectivity index (χ3v) is 0.933.